The van der Waals surface area contributed by atoms with Gasteiger partial charge in [0.1, 0.15) is 12.6 Å². The number of carbonyl (C=O) groups is 2. The zero-order valence-corrected chi connectivity index (χ0v) is 26.8. The van der Waals surface area contributed by atoms with Gasteiger partial charge in [0, 0.05) is 22.1 Å². The molecule has 0 aliphatic rings. The molecule has 0 aromatic heterocycles. The Morgan fingerprint density at radius 1 is 0.878 bits per heavy atom. The number of nitrogens with one attached hydrogen (secondary N) is 1. The molecule has 12 heteroatoms. The van der Waals surface area contributed by atoms with Gasteiger partial charge in [-0.3, -0.25) is 13.9 Å². The van der Waals surface area contributed by atoms with Crippen LogP contribution in [0.25, 0.3) is 0 Å². The van der Waals surface area contributed by atoms with Crippen molar-refractivity contribution in [3.05, 3.63) is 92.4 Å². The highest BCUT2D eigenvalue weighted by Crippen LogP contribution is 2.28. The Balaban J connectivity index is 2.09. The molecule has 3 aromatic rings. The summed E-state index contributed by atoms with van der Waals surface area (Å²) in [4.78, 5) is 28.8. The average Bonchev–Trinajstić information content (AvgIpc) is 2.88. The van der Waals surface area contributed by atoms with Crippen molar-refractivity contribution in [3.8, 4) is 0 Å². The van der Waals surface area contributed by atoms with Crippen LogP contribution in [0.4, 0.5) is 5.69 Å². The van der Waals surface area contributed by atoms with Gasteiger partial charge in [-0.15, -0.1) is 0 Å². The first-order chi connectivity index (χ1) is 19.1. The number of halogens is 4. The molecule has 2 amide bonds. The Kier molecular flexibility index (Phi) is 11.0. The lowest BCUT2D eigenvalue weighted by Gasteiger charge is -2.34. The second kappa shape index (κ2) is 13.7. The third-order valence-corrected chi connectivity index (χ3v) is 9.01. The van der Waals surface area contributed by atoms with E-state index in [2.05, 4.69) is 5.32 Å². The molecule has 1 atom stereocenters. The lowest BCUT2D eigenvalue weighted by molar-refractivity contribution is -0.141. The van der Waals surface area contributed by atoms with Gasteiger partial charge in [0.25, 0.3) is 10.0 Å². The van der Waals surface area contributed by atoms with Gasteiger partial charge in [0.2, 0.25) is 11.8 Å². The molecule has 0 spiro atoms. The van der Waals surface area contributed by atoms with Crippen molar-refractivity contribution in [2.24, 2.45) is 0 Å². The van der Waals surface area contributed by atoms with E-state index in [9.17, 15) is 18.0 Å². The van der Waals surface area contributed by atoms with Crippen LogP contribution in [-0.2, 0) is 26.2 Å². The summed E-state index contributed by atoms with van der Waals surface area (Å²) < 4.78 is 28.7. The molecule has 0 fully saturated rings. The summed E-state index contributed by atoms with van der Waals surface area (Å²) in [5.74, 6) is -0.979. The maximum atomic E-state index is 14.1. The third-order valence-electron chi connectivity index (χ3n) is 6.00. The van der Waals surface area contributed by atoms with Gasteiger partial charge < -0.3 is 10.2 Å². The van der Waals surface area contributed by atoms with Gasteiger partial charge in [-0.2, -0.15) is 0 Å². The maximum absolute atomic E-state index is 14.1. The fraction of sp³-hybridized carbons (Fsp3) is 0.310. The summed E-state index contributed by atoms with van der Waals surface area (Å²) in [6, 6.07) is 15.8. The number of sulfonamides is 1. The number of hydrogen-bond donors (Lipinski definition) is 1. The second-order valence-corrected chi connectivity index (χ2v) is 13.9. The Bertz CT molecular complexity index is 1510. The van der Waals surface area contributed by atoms with E-state index in [1.165, 1.54) is 35.2 Å². The van der Waals surface area contributed by atoms with E-state index in [-0.39, 0.29) is 39.5 Å². The third kappa shape index (κ3) is 8.75. The normalized spacial score (nSPS) is 12.5. The number of nitrogens with zero attached hydrogens (tertiary/aromatic N) is 2. The highest BCUT2D eigenvalue weighted by atomic mass is 35.5. The monoisotopic (exact) mass is 657 g/mol. The van der Waals surface area contributed by atoms with Crippen LogP contribution in [0.5, 0.6) is 0 Å². The number of anilines is 1. The van der Waals surface area contributed by atoms with E-state index >= 15 is 0 Å². The van der Waals surface area contributed by atoms with Crippen molar-refractivity contribution in [1.82, 2.24) is 10.2 Å². The van der Waals surface area contributed by atoms with Crippen molar-refractivity contribution >= 4 is 73.9 Å². The molecule has 7 nitrogen and oxygen atoms in total. The van der Waals surface area contributed by atoms with Crippen LogP contribution in [0, 0.1) is 0 Å². The topological polar surface area (TPSA) is 86.8 Å². The average molecular weight is 659 g/mol. The highest BCUT2D eigenvalue weighted by molar-refractivity contribution is 7.92. The van der Waals surface area contributed by atoms with E-state index in [4.69, 9.17) is 46.4 Å². The summed E-state index contributed by atoms with van der Waals surface area (Å²) in [5, 5.41) is 4.20. The van der Waals surface area contributed by atoms with Crippen LogP contribution in [-0.4, -0.2) is 43.3 Å². The van der Waals surface area contributed by atoms with Crippen LogP contribution in [0.1, 0.15) is 39.7 Å². The lowest BCUT2D eigenvalue weighted by atomic mass is 10.1. The Hall–Kier alpha value is -2.49. The number of hydrogen-bond acceptors (Lipinski definition) is 4. The summed E-state index contributed by atoms with van der Waals surface area (Å²) in [6.45, 7) is 6.66. The fourth-order valence-electron chi connectivity index (χ4n) is 4.10. The first-order valence-electron chi connectivity index (χ1n) is 12.7. The minimum Gasteiger partial charge on any atom is -0.350 e. The zero-order chi connectivity index (χ0) is 30.5. The van der Waals surface area contributed by atoms with E-state index < -0.39 is 34.1 Å². The van der Waals surface area contributed by atoms with Crippen molar-refractivity contribution in [2.75, 3.05) is 10.8 Å². The van der Waals surface area contributed by atoms with Crippen molar-refractivity contribution in [3.63, 3.8) is 0 Å². The van der Waals surface area contributed by atoms with Gasteiger partial charge in [-0.1, -0.05) is 65.5 Å². The van der Waals surface area contributed by atoms with Crippen molar-refractivity contribution < 1.29 is 18.0 Å². The van der Waals surface area contributed by atoms with E-state index in [1.54, 1.807) is 43.3 Å². The zero-order valence-electron chi connectivity index (χ0n) is 23.0. The lowest BCUT2D eigenvalue weighted by Crippen LogP contribution is -2.55. The van der Waals surface area contributed by atoms with Crippen LogP contribution in [0.3, 0.4) is 0 Å². The molecular weight excluding hydrogens is 628 g/mol. The molecule has 1 N–H and O–H groups in total. The molecule has 0 radical (unpaired) electrons. The van der Waals surface area contributed by atoms with Crippen LogP contribution >= 0.6 is 46.4 Å². The molecule has 0 saturated carbocycles. The second-order valence-electron chi connectivity index (χ2n) is 10.4. The van der Waals surface area contributed by atoms with Crippen LogP contribution in [0.2, 0.25) is 20.1 Å². The van der Waals surface area contributed by atoms with Crippen LogP contribution < -0.4 is 9.62 Å². The number of amides is 2. The number of rotatable bonds is 10. The molecule has 0 heterocycles. The minimum atomic E-state index is -4.25. The first-order valence-corrected chi connectivity index (χ1v) is 15.7. The Labute approximate surface area is 261 Å². The minimum absolute atomic E-state index is 0.0177. The van der Waals surface area contributed by atoms with E-state index in [0.717, 1.165) is 4.31 Å². The summed E-state index contributed by atoms with van der Waals surface area (Å²) in [6.07, 6.45) is 0.274. The van der Waals surface area contributed by atoms with E-state index in [0.29, 0.717) is 15.6 Å². The molecule has 0 aliphatic carbocycles. The molecular formula is C29H31Cl4N3O4S. The molecule has 3 aromatic carbocycles. The van der Waals surface area contributed by atoms with Gasteiger partial charge in [-0.05, 0) is 87.4 Å². The first kappa shape index (κ1) is 33.0. The smallest absolute Gasteiger partial charge is 0.264 e. The molecule has 220 valence electrons. The Morgan fingerprint density at radius 2 is 1.54 bits per heavy atom. The fourth-order valence-corrected chi connectivity index (χ4v) is 6.14. The summed E-state index contributed by atoms with van der Waals surface area (Å²) in [5.41, 5.74) is 0.236. The van der Waals surface area contributed by atoms with Gasteiger partial charge in [0.05, 0.1) is 20.6 Å². The Morgan fingerprint density at radius 3 is 2.10 bits per heavy atom. The molecule has 0 bridgehead atoms. The number of carbonyl (C=O) groups excluding carboxylic acids is 2. The quantitative estimate of drug-likeness (QED) is 0.249. The van der Waals surface area contributed by atoms with Crippen molar-refractivity contribution in [2.45, 2.75) is 57.1 Å². The SMILES string of the molecule is CC[C@H](C(=O)NC(C)(C)C)N(Cc1ccc(Cl)c(Cl)c1)C(=O)CN(c1cccc(Cl)c1)S(=O)(=O)c1ccc(Cl)cc1. The molecule has 0 saturated heterocycles. The highest BCUT2D eigenvalue weighted by Gasteiger charge is 2.34. The largest absolute Gasteiger partial charge is 0.350 e. The van der Waals surface area contributed by atoms with Gasteiger partial charge in [0.15, 0.2) is 0 Å². The predicted octanol–water partition coefficient (Wildman–Crippen LogP) is 7.22. The van der Waals surface area contributed by atoms with Gasteiger partial charge >= 0.3 is 0 Å². The summed E-state index contributed by atoms with van der Waals surface area (Å²) >= 11 is 24.5. The molecule has 0 aliphatic heterocycles. The number of benzene rings is 3. The molecule has 0 unspecified atom stereocenters. The van der Waals surface area contributed by atoms with Crippen LogP contribution in [0.15, 0.2) is 71.6 Å². The van der Waals surface area contributed by atoms with E-state index in [1.807, 2.05) is 20.8 Å². The maximum Gasteiger partial charge on any atom is 0.264 e. The van der Waals surface area contributed by atoms with Crippen molar-refractivity contribution in [1.29, 1.82) is 0 Å². The van der Waals surface area contributed by atoms with Gasteiger partial charge in [-0.25, -0.2) is 8.42 Å². The predicted molar refractivity (Wildman–Crippen MR) is 166 cm³/mol. The molecule has 3 rings (SSSR count). The standard InChI is InChI=1S/C29H31Cl4N3O4S/c1-5-26(28(38)34-29(2,3)4)35(17-19-9-14-24(32)25(33)15-19)27(37)18-36(22-8-6-7-21(31)16-22)41(39,40)23-12-10-20(30)11-13-23/h6-16,26H,5,17-18H2,1-4H3,(H,34,38)/t26-/m1/s1. The molecule has 41 heavy (non-hydrogen) atoms. The summed E-state index contributed by atoms with van der Waals surface area (Å²) in [7, 11) is -4.25.